The van der Waals surface area contributed by atoms with Crippen LogP contribution in [0.2, 0.25) is 0 Å². The van der Waals surface area contributed by atoms with Crippen LogP contribution in [0.1, 0.15) is 49.4 Å². The van der Waals surface area contributed by atoms with Gasteiger partial charge in [-0.25, -0.2) is 4.98 Å². The summed E-state index contributed by atoms with van der Waals surface area (Å²) in [7, 11) is 0. The molecule has 1 aliphatic carbocycles. The van der Waals surface area contributed by atoms with Crippen LogP contribution in [-0.4, -0.2) is 27.8 Å². The molecule has 98 valence electrons. The molecule has 2 aliphatic rings. The van der Waals surface area contributed by atoms with Crippen molar-refractivity contribution in [3.05, 3.63) is 11.6 Å². The van der Waals surface area contributed by atoms with Gasteiger partial charge in [0.05, 0.1) is 6.10 Å². The fourth-order valence-electron chi connectivity index (χ4n) is 2.04. The van der Waals surface area contributed by atoms with Crippen molar-refractivity contribution in [1.82, 2.24) is 15.2 Å². The van der Waals surface area contributed by atoms with Crippen LogP contribution in [0.25, 0.3) is 0 Å². The minimum Gasteiger partial charge on any atom is -0.366 e. The lowest BCUT2D eigenvalue weighted by atomic mass is 10.2. The maximum Gasteiger partial charge on any atom is 0.153 e. The predicted octanol–water partition coefficient (Wildman–Crippen LogP) is 1.70. The molecule has 1 saturated carbocycles. The summed E-state index contributed by atoms with van der Waals surface area (Å²) in [5.74, 6) is 2.44. The zero-order valence-corrected chi connectivity index (χ0v) is 11.1. The maximum absolute atomic E-state index is 5.75. The number of hydrogen-bond donors (Lipinski definition) is 2. The zero-order valence-electron chi connectivity index (χ0n) is 9.46. The number of rotatable bonds is 3. The Bertz CT molecular complexity index is 356. The van der Waals surface area contributed by atoms with Gasteiger partial charge in [-0.3, -0.25) is 5.10 Å². The van der Waals surface area contributed by atoms with Gasteiger partial charge in [-0.05, 0) is 25.7 Å². The molecule has 0 amide bonds. The fraction of sp³-hybridized carbons (Fsp3) is 0.800. The van der Waals surface area contributed by atoms with E-state index in [2.05, 4.69) is 15.2 Å². The van der Waals surface area contributed by atoms with Crippen LogP contribution < -0.4 is 5.73 Å². The number of H-pyrrole nitrogens is 1. The van der Waals surface area contributed by atoms with Crippen molar-refractivity contribution in [2.75, 3.05) is 6.54 Å². The molecule has 1 aromatic rings. The Labute approximate surface area is 113 Å². The third-order valence-electron chi connectivity index (χ3n) is 3.14. The molecule has 3 rings (SSSR count). The van der Waals surface area contributed by atoms with Crippen LogP contribution in [0, 0.1) is 0 Å². The summed E-state index contributed by atoms with van der Waals surface area (Å²) < 4.78 is 5.75. The highest BCUT2D eigenvalue weighted by atomic mass is 35.5. The van der Waals surface area contributed by atoms with E-state index < -0.39 is 0 Å². The van der Waals surface area contributed by atoms with E-state index in [0.717, 1.165) is 24.5 Å². The number of hydrogen-bond acceptors (Lipinski definition) is 4. The number of nitrogens with two attached hydrogens (primary N) is 1. The predicted molar refractivity (Wildman–Crippen MR) is 68.8 cm³/mol. The second-order valence-electron chi connectivity index (χ2n) is 4.41. The Kier molecular flexibility index (Phi) is 5.19. The Morgan fingerprint density at radius 2 is 2.00 bits per heavy atom. The van der Waals surface area contributed by atoms with Crippen molar-refractivity contribution < 1.29 is 4.74 Å². The van der Waals surface area contributed by atoms with Crippen molar-refractivity contribution >= 4 is 24.8 Å². The van der Waals surface area contributed by atoms with Gasteiger partial charge in [0.2, 0.25) is 0 Å². The smallest absolute Gasteiger partial charge is 0.153 e. The number of halogens is 2. The number of aromatic amines is 1. The van der Waals surface area contributed by atoms with Gasteiger partial charge in [0.15, 0.2) is 11.6 Å². The molecule has 7 heteroatoms. The lowest BCUT2D eigenvalue weighted by molar-refractivity contribution is 0.0449. The van der Waals surface area contributed by atoms with Gasteiger partial charge in [0, 0.05) is 12.5 Å². The first-order valence-corrected chi connectivity index (χ1v) is 5.64. The molecule has 1 aromatic heterocycles. The third kappa shape index (κ3) is 3.10. The SMILES string of the molecule is Cl.Cl.NC[C@@H]1CC[C@H](c2nc(C3CC3)n[nH]2)O1. The summed E-state index contributed by atoms with van der Waals surface area (Å²) in [4.78, 5) is 4.49. The first-order valence-electron chi connectivity index (χ1n) is 5.64. The van der Waals surface area contributed by atoms with E-state index in [1.807, 2.05) is 0 Å². The molecule has 2 atom stereocenters. The summed E-state index contributed by atoms with van der Waals surface area (Å²) in [6, 6.07) is 0. The van der Waals surface area contributed by atoms with Crippen LogP contribution in [0.5, 0.6) is 0 Å². The van der Waals surface area contributed by atoms with Crippen LogP contribution in [0.3, 0.4) is 0 Å². The van der Waals surface area contributed by atoms with Crippen molar-refractivity contribution in [3.8, 4) is 0 Å². The van der Waals surface area contributed by atoms with Crippen LogP contribution >= 0.6 is 24.8 Å². The van der Waals surface area contributed by atoms with Crippen LogP contribution in [0.4, 0.5) is 0 Å². The maximum atomic E-state index is 5.75. The lowest BCUT2D eigenvalue weighted by Crippen LogP contribution is -2.19. The first kappa shape index (κ1) is 14.7. The normalized spacial score (nSPS) is 27.4. The molecule has 0 aromatic carbocycles. The average molecular weight is 281 g/mol. The molecule has 0 radical (unpaired) electrons. The summed E-state index contributed by atoms with van der Waals surface area (Å²) >= 11 is 0. The molecule has 2 heterocycles. The number of nitrogens with zero attached hydrogens (tertiary/aromatic N) is 2. The summed E-state index contributed by atoms with van der Waals surface area (Å²) in [5.41, 5.74) is 5.57. The molecule has 0 unspecified atom stereocenters. The molecule has 0 spiro atoms. The Morgan fingerprint density at radius 1 is 1.24 bits per heavy atom. The van der Waals surface area contributed by atoms with Crippen LogP contribution in [0.15, 0.2) is 0 Å². The van der Waals surface area contributed by atoms with E-state index in [-0.39, 0.29) is 37.0 Å². The standard InChI is InChI=1S/C10H16N4O.2ClH/c11-5-7-3-4-8(15-7)10-12-9(13-14-10)6-1-2-6;;/h6-8H,1-5,11H2,(H,12,13,14);2*1H/t7-,8+;;/m0../s1. The van der Waals surface area contributed by atoms with Gasteiger partial charge in [-0.2, -0.15) is 5.10 Å². The molecule has 5 nitrogen and oxygen atoms in total. The highest BCUT2D eigenvalue weighted by Crippen LogP contribution is 2.39. The Balaban J connectivity index is 0.000000722. The molecular formula is C10H18Cl2N4O. The van der Waals surface area contributed by atoms with Gasteiger partial charge in [-0.1, -0.05) is 0 Å². The second kappa shape index (κ2) is 6.00. The van der Waals surface area contributed by atoms with Gasteiger partial charge >= 0.3 is 0 Å². The second-order valence-corrected chi connectivity index (χ2v) is 4.41. The van der Waals surface area contributed by atoms with Gasteiger partial charge in [0.1, 0.15) is 6.10 Å². The van der Waals surface area contributed by atoms with E-state index >= 15 is 0 Å². The molecule has 3 N–H and O–H groups in total. The van der Waals surface area contributed by atoms with Crippen molar-refractivity contribution in [3.63, 3.8) is 0 Å². The van der Waals surface area contributed by atoms with Crippen molar-refractivity contribution in [1.29, 1.82) is 0 Å². The topological polar surface area (TPSA) is 76.8 Å². The summed E-state index contributed by atoms with van der Waals surface area (Å²) in [5, 5.41) is 7.21. The third-order valence-corrected chi connectivity index (χ3v) is 3.14. The zero-order chi connectivity index (χ0) is 10.3. The van der Waals surface area contributed by atoms with Crippen molar-refractivity contribution in [2.45, 2.75) is 43.8 Å². The Hall–Kier alpha value is -0.360. The summed E-state index contributed by atoms with van der Waals surface area (Å²) in [6.45, 7) is 0.597. The first-order chi connectivity index (χ1) is 7.36. The quantitative estimate of drug-likeness (QED) is 0.884. The van der Waals surface area contributed by atoms with Crippen molar-refractivity contribution in [2.24, 2.45) is 5.73 Å². The molecule has 2 fully saturated rings. The summed E-state index contributed by atoms with van der Waals surface area (Å²) in [6.07, 6.45) is 4.77. The van der Waals surface area contributed by atoms with E-state index in [4.69, 9.17) is 10.5 Å². The monoisotopic (exact) mass is 280 g/mol. The van der Waals surface area contributed by atoms with Gasteiger partial charge in [-0.15, -0.1) is 24.8 Å². The molecule has 17 heavy (non-hydrogen) atoms. The minimum absolute atomic E-state index is 0. The van der Waals surface area contributed by atoms with E-state index in [9.17, 15) is 0 Å². The number of aromatic nitrogens is 3. The average Bonchev–Trinajstić information content (AvgIpc) is 2.84. The molecule has 1 saturated heterocycles. The van der Waals surface area contributed by atoms with E-state index in [1.165, 1.54) is 12.8 Å². The number of ether oxygens (including phenoxy) is 1. The molecular weight excluding hydrogens is 263 g/mol. The van der Waals surface area contributed by atoms with Gasteiger partial charge in [0.25, 0.3) is 0 Å². The minimum atomic E-state index is 0. The highest BCUT2D eigenvalue weighted by molar-refractivity contribution is 5.85. The van der Waals surface area contributed by atoms with E-state index in [0.29, 0.717) is 12.5 Å². The highest BCUT2D eigenvalue weighted by Gasteiger charge is 2.31. The molecule has 0 bridgehead atoms. The Morgan fingerprint density at radius 3 is 2.59 bits per heavy atom. The van der Waals surface area contributed by atoms with Gasteiger partial charge < -0.3 is 10.5 Å². The fourth-order valence-corrected chi connectivity index (χ4v) is 2.04. The lowest BCUT2D eigenvalue weighted by Gasteiger charge is -2.08. The van der Waals surface area contributed by atoms with E-state index in [1.54, 1.807) is 0 Å². The van der Waals surface area contributed by atoms with Crippen LogP contribution in [-0.2, 0) is 4.74 Å². The molecule has 1 aliphatic heterocycles. The largest absolute Gasteiger partial charge is 0.366 e. The number of nitrogens with one attached hydrogen (secondary N) is 1.